The van der Waals surface area contributed by atoms with Gasteiger partial charge in [-0.25, -0.2) is 0 Å². The van der Waals surface area contributed by atoms with Crippen LogP contribution in [0.2, 0.25) is 0 Å². The fourth-order valence-electron chi connectivity index (χ4n) is 3.14. The molecule has 0 bridgehead atoms. The zero-order valence-corrected chi connectivity index (χ0v) is 13.0. The van der Waals surface area contributed by atoms with E-state index >= 15 is 0 Å². The van der Waals surface area contributed by atoms with Gasteiger partial charge in [0.25, 0.3) is 0 Å². The van der Waals surface area contributed by atoms with Gasteiger partial charge < -0.3 is 14.4 Å². The SMILES string of the molecule is C/C(=C/C(=O)N1CCCC(C2OCCO2)C1)c1ccccc1. The second kappa shape index (κ2) is 7.07. The molecule has 118 valence electrons. The topological polar surface area (TPSA) is 38.8 Å². The number of ether oxygens (including phenoxy) is 2. The molecule has 4 heteroatoms. The number of carbonyl (C=O) groups excluding carboxylic acids is 1. The van der Waals surface area contributed by atoms with Crippen LogP contribution in [0.25, 0.3) is 5.57 Å². The number of hydrogen-bond donors (Lipinski definition) is 0. The maximum Gasteiger partial charge on any atom is 0.246 e. The summed E-state index contributed by atoms with van der Waals surface area (Å²) in [4.78, 5) is 14.4. The van der Waals surface area contributed by atoms with Gasteiger partial charge in [-0.2, -0.15) is 0 Å². The summed E-state index contributed by atoms with van der Waals surface area (Å²) in [5.41, 5.74) is 2.09. The summed E-state index contributed by atoms with van der Waals surface area (Å²) in [6, 6.07) is 10.0. The van der Waals surface area contributed by atoms with E-state index < -0.39 is 0 Å². The standard InChI is InChI=1S/C18H23NO3/c1-14(15-6-3-2-4-7-15)12-17(20)19-9-5-8-16(13-19)18-21-10-11-22-18/h2-4,6-7,12,16,18H,5,8-11,13H2,1H3/b14-12-. The lowest BCUT2D eigenvalue weighted by Crippen LogP contribution is -2.43. The van der Waals surface area contributed by atoms with Crippen molar-refractivity contribution >= 4 is 11.5 Å². The van der Waals surface area contributed by atoms with Crippen molar-refractivity contribution in [1.29, 1.82) is 0 Å². The minimum absolute atomic E-state index is 0.0871. The Morgan fingerprint density at radius 3 is 2.68 bits per heavy atom. The second-order valence-corrected chi connectivity index (χ2v) is 5.99. The Morgan fingerprint density at radius 2 is 1.95 bits per heavy atom. The molecule has 2 aliphatic rings. The minimum Gasteiger partial charge on any atom is -0.350 e. The van der Waals surface area contributed by atoms with E-state index in [1.807, 2.05) is 42.2 Å². The van der Waals surface area contributed by atoms with E-state index in [0.717, 1.165) is 37.1 Å². The largest absolute Gasteiger partial charge is 0.350 e. The summed E-state index contributed by atoms with van der Waals surface area (Å²) in [6.07, 6.45) is 3.69. The lowest BCUT2D eigenvalue weighted by molar-refractivity contribution is -0.134. The Balaban J connectivity index is 1.64. The van der Waals surface area contributed by atoms with Gasteiger partial charge in [0, 0.05) is 25.1 Å². The summed E-state index contributed by atoms with van der Waals surface area (Å²) in [7, 11) is 0. The van der Waals surface area contributed by atoms with E-state index in [9.17, 15) is 4.79 Å². The Bertz CT molecular complexity index is 535. The molecule has 1 unspecified atom stereocenters. The molecule has 0 radical (unpaired) electrons. The van der Waals surface area contributed by atoms with Gasteiger partial charge in [-0.15, -0.1) is 0 Å². The molecule has 1 amide bonds. The normalized spacial score (nSPS) is 23.8. The van der Waals surface area contributed by atoms with Gasteiger partial charge >= 0.3 is 0 Å². The number of benzene rings is 1. The number of piperidine rings is 1. The Morgan fingerprint density at radius 1 is 1.23 bits per heavy atom. The quantitative estimate of drug-likeness (QED) is 0.806. The van der Waals surface area contributed by atoms with Gasteiger partial charge in [-0.3, -0.25) is 4.79 Å². The summed E-state index contributed by atoms with van der Waals surface area (Å²) in [5.74, 6) is 0.384. The van der Waals surface area contributed by atoms with Gasteiger partial charge in [0.1, 0.15) is 0 Å². The molecule has 0 N–H and O–H groups in total. The third kappa shape index (κ3) is 3.57. The van der Waals surface area contributed by atoms with Gasteiger partial charge in [0.05, 0.1) is 13.2 Å². The summed E-state index contributed by atoms with van der Waals surface area (Å²) < 4.78 is 11.2. The lowest BCUT2D eigenvalue weighted by Gasteiger charge is -2.34. The molecular formula is C18H23NO3. The van der Waals surface area contributed by atoms with Crippen molar-refractivity contribution in [2.45, 2.75) is 26.1 Å². The highest BCUT2D eigenvalue weighted by Crippen LogP contribution is 2.25. The lowest BCUT2D eigenvalue weighted by atomic mass is 9.97. The molecule has 2 heterocycles. The van der Waals surface area contributed by atoms with Crippen molar-refractivity contribution in [3.05, 3.63) is 42.0 Å². The molecule has 2 saturated heterocycles. The Hall–Kier alpha value is -1.65. The molecule has 2 fully saturated rings. The molecule has 1 aromatic carbocycles. The van der Waals surface area contributed by atoms with Crippen LogP contribution in [0.15, 0.2) is 36.4 Å². The molecule has 1 atom stereocenters. The highest BCUT2D eigenvalue weighted by Gasteiger charge is 2.32. The Kier molecular flexibility index (Phi) is 4.90. The zero-order valence-electron chi connectivity index (χ0n) is 13.0. The molecule has 0 spiro atoms. The molecule has 2 aliphatic heterocycles. The average molecular weight is 301 g/mol. The highest BCUT2D eigenvalue weighted by atomic mass is 16.7. The molecular weight excluding hydrogens is 278 g/mol. The molecule has 0 saturated carbocycles. The maximum atomic E-state index is 12.5. The number of rotatable bonds is 3. The summed E-state index contributed by atoms with van der Waals surface area (Å²) in [5, 5.41) is 0. The monoisotopic (exact) mass is 301 g/mol. The number of likely N-dealkylation sites (tertiary alicyclic amines) is 1. The fraction of sp³-hybridized carbons (Fsp3) is 0.500. The van der Waals surface area contributed by atoms with E-state index in [4.69, 9.17) is 9.47 Å². The predicted molar refractivity (Wildman–Crippen MR) is 85.1 cm³/mol. The first kappa shape index (κ1) is 15.3. The van der Waals surface area contributed by atoms with E-state index in [2.05, 4.69) is 0 Å². The molecule has 0 aromatic heterocycles. The van der Waals surface area contributed by atoms with Crippen molar-refractivity contribution < 1.29 is 14.3 Å². The van der Waals surface area contributed by atoms with Crippen LogP contribution in [0.1, 0.15) is 25.3 Å². The maximum absolute atomic E-state index is 12.5. The van der Waals surface area contributed by atoms with Gasteiger partial charge in [0.15, 0.2) is 6.29 Å². The number of hydrogen-bond acceptors (Lipinski definition) is 3. The van der Waals surface area contributed by atoms with Crippen LogP contribution in [0.4, 0.5) is 0 Å². The van der Waals surface area contributed by atoms with Crippen molar-refractivity contribution in [1.82, 2.24) is 4.90 Å². The van der Waals surface area contributed by atoms with E-state index in [0.29, 0.717) is 19.1 Å². The van der Waals surface area contributed by atoms with Crippen LogP contribution < -0.4 is 0 Å². The summed E-state index contributed by atoms with van der Waals surface area (Å²) >= 11 is 0. The summed E-state index contributed by atoms with van der Waals surface area (Å²) in [6.45, 7) is 4.87. The van der Waals surface area contributed by atoms with Gasteiger partial charge in [-0.05, 0) is 30.9 Å². The van der Waals surface area contributed by atoms with Crippen molar-refractivity contribution in [3.8, 4) is 0 Å². The molecule has 0 aliphatic carbocycles. The predicted octanol–water partition coefficient (Wildman–Crippen LogP) is 2.70. The first-order valence-electron chi connectivity index (χ1n) is 8.00. The number of allylic oxidation sites excluding steroid dienone is 1. The van der Waals surface area contributed by atoms with Crippen LogP contribution in [0.3, 0.4) is 0 Å². The van der Waals surface area contributed by atoms with E-state index in [-0.39, 0.29) is 12.2 Å². The molecule has 3 rings (SSSR count). The zero-order chi connectivity index (χ0) is 15.4. The molecule has 22 heavy (non-hydrogen) atoms. The molecule has 4 nitrogen and oxygen atoms in total. The van der Waals surface area contributed by atoms with Gasteiger partial charge in [0.2, 0.25) is 5.91 Å². The minimum atomic E-state index is -0.130. The second-order valence-electron chi connectivity index (χ2n) is 5.99. The smallest absolute Gasteiger partial charge is 0.246 e. The third-order valence-corrected chi connectivity index (χ3v) is 4.37. The molecule has 1 aromatic rings. The van der Waals surface area contributed by atoms with Crippen LogP contribution >= 0.6 is 0 Å². The van der Waals surface area contributed by atoms with Crippen molar-refractivity contribution in [3.63, 3.8) is 0 Å². The number of amides is 1. The fourth-order valence-corrected chi connectivity index (χ4v) is 3.14. The number of carbonyl (C=O) groups is 1. The number of nitrogens with zero attached hydrogens (tertiary/aromatic N) is 1. The van der Waals surface area contributed by atoms with E-state index in [1.165, 1.54) is 0 Å². The van der Waals surface area contributed by atoms with E-state index in [1.54, 1.807) is 6.08 Å². The third-order valence-electron chi connectivity index (χ3n) is 4.37. The highest BCUT2D eigenvalue weighted by molar-refractivity contribution is 5.94. The first-order valence-corrected chi connectivity index (χ1v) is 8.00. The van der Waals surface area contributed by atoms with Crippen LogP contribution in [0, 0.1) is 5.92 Å². The average Bonchev–Trinajstić information content (AvgIpc) is 3.10. The van der Waals surface area contributed by atoms with Crippen molar-refractivity contribution in [2.24, 2.45) is 5.92 Å². The Labute approximate surface area is 131 Å². The van der Waals surface area contributed by atoms with Gasteiger partial charge in [-0.1, -0.05) is 30.3 Å². The van der Waals surface area contributed by atoms with Crippen LogP contribution in [0.5, 0.6) is 0 Å². The van der Waals surface area contributed by atoms with Crippen LogP contribution in [-0.2, 0) is 14.3 Å². The van der Waals surface area contributed by atoms with Crippen molar-refractivity contribution in [2.75, 3.05) is 26.3 Å². The first-order chi connectivity index (χ1) is 10.7. The van der Waals surface area contributed by atoms with Crippen LogP contribution in [-0.4, -0.2) is 43.4 Å².